The number of carbonyl (C=O) groups is 2. The zero-order chi connectivity index (χ0) is 16.3. The number of nitrogens with one attached hydrogen (secondary N) is 1. The molecule has 0 aliphatic heterocycles. The maximum absolute atomic E-state index is 12.0. The van der Waals surface area contributed by atoms with Crippen molar-refractivity contribution in [2.75, 3.05) is 5.32 Å². The van der Waals surface area contributed by atoms with Gasteiger partial charge in [-0.05, 0) is 42.8 Å². The summed E-state index contributed by atoms with van der Waals surface area (Å²) in [6.45, 7) is 1.59. The van der Waals surface area contributed by atoms with Gasteiger partial charge in [0.25, 0.3) is 5.56 Å². The van der Waals surface area contributed by atoms with Gasteiger partial charge in [0.2, 0.25) is 5.91 Å². The van der Waals surface area contributed by atoms with E-state index in [0.29, 0.717) is 5.69 Å². The second-order valence-corrected chi connectivity index (χ2v) is 5.58. The summed E-state index contributed by atoms with van der Waals surface area (Å²) in [6.07, 6.45) is 1.38. The summed E-state index contributed by atoms with van der Waals surface area (Å²) in [5, 5.41) is 11.6. The van der Waals surface area contributed by atoms with Crippen LogP contribution in [0.2, 0.25) is 0 Å². The lowest BCUT2D eigenvalue weighted by Gasteiger charge is -2.10. The number of halogens is 1. The number of pyridine rings is 1. The topological polar surface area (TPSA) is 88.4 Å². The number of hydrogen-bond acceptors (Lipinski definition) is 3. The zero-order valence-corrected chi connectivity index (χ0v) is 13.3. The Morgan fingerprint density at radius 2 is 2.05 bits per heavy atom. The first-order valence-electron chi connectivity index (χ1n) is 6.37. The third kappa shape index (κ3) is 3.62. The summed E-state index contributed by atoms with van der Waals surface area (Å²) in [7, 11) is 0. The third-order valence-electron chi connectivity index (χ3n) is 3.03. The minimum Gasteiger partial charge on any atom is -0.477 e. The molecule has 0 fully saturated rings. The van der Waals surface area contributed by atoms with E-state index in [2.05, 4.69) is 21.2 Å². The van der Waals surface area contributed by atoms with Crippen LogP contribution in [-0.2, 0) is 11.3 Å². The first-order chi connectivity index (χ1) is 10.4. The zero-order valence-electron chi connectivity index (χ0n) is 11.7. The minimum atomic E-state index is -1.32. The van der Waals surface area contributed by atoms with E-state index in [4.69, 9.17) is 5.11 Å². The van der Waals surface area contributed by atoms with Crippen molar-refractivity contribution in [1.82, 2.24) is 4.57 Å². The highest BCUT2D eigenvalue weighted by Crippen LogP contribution is 2.19. The number of amides is 1. The Balaban J connectivity index is 2.18. The number of carbonyl (C=O) groups excluding carboxylic acids is 1. The predicted molar refractivity (Wildman–Crippen MR) is 85.2 cm³/mol. The average molecular weight is 365 g/mol. The van der Waals surface area contributed by atoms with Crippen molar-refractivity contribution >= 4 is 33.5 Å². The van der Waals surface area contributed by atoms with Gasteiger partial charge in [-0.15, -0.1) is 0 Å². The molecule has 1 amide bonds. The molecule has 0 spiro atoms. The second kappa shape index (κ2) is 6.57. The van der Waals surface area contributed by atoms with Gasteiger partial charge in [-0.25, -0.2) is 4.79 Å². The number of carboxylic acids is 1. The van der Waals surface area contributed by atoms with E-state index in [0.717, 1.165) is 14.6 Å². The van der Waals surface area contributed by atoms with Crippen LogP contribution in [-0.4, -0.2) is 21.6 Å². The lowest BCUT2D eigenvalue weighted by atomic mass is 10.2. The molecule has 0 aliphatic carbocycles. The first kappa shape index (κ1) is 16.0. The summed E-state index contributed by atoms with van der Waals surface area (Å²) in [4.78, 5) is 34.8. The fraction of sp³-hybridized carbons (Fsp3) is 0.133. The van der Waals surface area contributed by atoms with E-state index < -0.39 is 17.4 Å². The molecule has 22 heavy (non-hydrogen) atoms. The summed E-state index contributed by atoms with van der Waals surface area (Å²) < 4.78 is 1.96. The van der Waals surface area contributed by atoms with Crippen molar-refractivity contribution in [2.45, 2.75) is 13.5 Å². The second-order valence-electron chi connectivity index (χ2n) is 4.67. The Labute approximate surface area is 134 Å². The minimum absolute atomic E-state index is 0.255. The third-order valence-corrected chi connectivity index (χ3v) is 3.52. The van der Waals surface area contributed by atoms with Crippen LogP contribution >= 0.6 is 15.9 Å². The van der Waals surface area contributed by atoms with Crippen LogP contribution in [0.1, 0.15) is 15.9 Å². The van der Waals surface area contributed by atoms with Gasteiger partial charge in [0.15, 0.2) is 0 Å². The molecule has 114 valence electrons. The summed E-state index contributed by atoms with van der Waals surface area (Å²) >= 11 is 3.33. The molecule has 2 rings (SSSR count). The fourth-order valence-corrected chi connectivity index (χ4v) is 2.41. The molecule has 0 saturated carbocycles. The van der Waals surface area contributed by atoms with Gasteiger partial charge in [-0.1, -0.05) is 15.9 Å². The molecule has 6 nitrogen and oxygen atoms in total. The predicted octanol–water partition coefficient (Wildman–Crippen LogP) is 2.26. The molecule has 0 aliphatic rings. The molecule has 7 heteroatoms. The largest absolute Gasteiger partial charge is 0.477 e. The Morgan fingerprint density at radius 3 is 2.68 bits per heavy atom. The highest BCUT2D eigenvalue weighted by Gasteiger charge is 2.12. The highest BCUT2D eigenvalue weighted by molar-refractivity contribution is 9.10. The van der Waals surface area contributed by atoms with Crippen LogP contribution in [0, 0.1) is 6.92 Å². The maximum atomic E-state index is 12.0. The van der Waals surface area contributed by atoms with Gasteiger partial charge < -0.3 is 15.0 Å². The van der Waals surface area contributed by atoms with Gasteiger partial charge >= 0.3 is 5.97 Å². The van der Waals surface area contributed by atoms with Crippen LogP contribution in [0.15, 0.2) is 45.8 Å². The summed E-state index contributed by atoms with van der Waals surface area (Å²) in [5.74, 6) is -1.72. The van der Waals surface area contributed by atoms with E-state index in [1.165, 1.54) is 18.3 Å². The quantitative estimate of drug-likeness (QED) is 0.870. The standard InChI is InChI=1S/C15H13BrN2O4/c1-9-7-10(16)4-5-12(9)17-13(19)8-18-6-2-3-11(14(18)20)15(21)22/h2-7H,8H2,1H3,(H,17,19)(H,21,22). The van der Waals surface area contributed by atoms with E-state index >= 15 is 0 Å². The van der Waals surface area contributed by atoms with Gasteiger partial charge in [0, 0.05) is 16.4 Å². The van der Waals surface area contributed by atoms with Crippen LogP contribution in [0.3, 0.4) is 0 Å². The first-order valence-corrected chi connectivity index (χ1v) is 7.16. The van der Waals surface area contributed by atoms with Gasteiger partial charge in [-0.3, -0.25) is 9.59 Å². The normalized spacial score (nSPS) is 10.3. The van der Waals surface area contributed by atoms with Crippen LogP contribution < -0.4 is 10.9 Å². The number of anilines is 1. The number of rotatable bonds is 4. The average Bonchev–Trinajstić information content (AvgIpc) is 2.44. The van der Waals surface area contributed by atoms with E-state index in [1.54, 1.807) is 12.1 Å². The van der Waals surface area contributed by atoms with Crippen molar-refractivity contribution in [1.29, 1.82) is 0 Å². The monoisotopic (exact) mass is 364 g/mol. The van der Waals surface area contributed by atoms with E-state index in [1.807, 2.05) is 13.0 Å². The van der Waals surface area contributed by atoms with Crippen LogP contribution in [0.5, 0.6) is 0 Å². The number of aryl methyl sites for hydroxylation is 1. The maximum Gasteiger partial charge on any atom is 0.341 e. The molecule has 1 aromatic carbocycles. The van der Waals surface area contributed by atoms with Crippen molar-refractivity contribution < 1.29 is 14.7 Å². The fourth-order valence-electron chi connectivity index (χ4n) is 1.94. The molecule has 2 aromatic rings. The number of aromatic nitrogens is 1. The lowest BCUT2D eigenvalue weighted by Crippen LogP contribution is -2.30. The highest BCUT2D eigenvalue weighted by atomic mass is 79.9. The number of carboxylic acid groups (broad SMARTS) is 1. The van der Waals surface area contributed by atoms with Crippen LogP contribution in [0.4, 0.5) is 5.69 Å². The molecule has 0 saturated heterocycles. The Kier molecular flexibility index (Phi) is 4.77. The number of hydrogen-bond donors (Lipinski definition) is 2. The van der Waals surface area contributed by atoms with Gasteiger partial charge in [-0.2, -0.15) is 0 Å². The van der Waals surface area contributed by atoms with Gasteiger partial charge in [0.1, 0.15) is 12.1 Å². The van der Waals surface area contributed by atoms with Crippen molar-refractivity contribution in [3.05, 3.63) is 62.5 Å². The molecule has 1 heterocycles. The molecule has 1 aromatic heterocycles. The van der Waals surface area contributed by atoms with Gasteiger partial charge in [0.05, 0.1) is 0 Å². The Bertz CT molecular complexity index is 798. The van der Waals surface area contributed by atoms with Crippen LogP contribution in [0.25, 0.3) is 0 Å². The number of aromatic carboxylic acids is 1. The molecule has 0 bridgehead atoms. The molecule has 0 unspecified atom stereocenters. The van der Waals surface area contributed by atoms with E-state index in [9.17, 15) is 14.4 Å². The van der Waals surface area contributed by atoms with Crippen molar-refractivity contribution in [2.24, 2.45) is 0 Å². The Hall–Kier alpha value is -2.41. The van der Waals surface area contributed by atoms with Crippen molar-refractivity contribution in [3.8, 4) is 0 Å². The molecule has 2 N–H and O–H groups in total. The SMILES string of the molecule is Cc1cc(Br)ccc1NC(=O)Cn1cccc(C(=O)O)c1=O. The smallest absolute Gasteiger partial charge is 0.341 e. The molecular formula is C15H13BrN2O4. The Morgan fingerprint density at radius 1 is 1.32 bits per heavy atom. The molecule has 0 atom stereocenters. The summed E-state index contributed by atoms with van der Waals surface area (Å²) in [5.41, 5.74) is 0.429. The van der Waals surface area contributed by atoms with E-state index in [-0.39, 0.29) is 12.1 Å². The molecule has 0 radical (unpaired) electrons. The molecular weight excluding hydrogens is 352 g/mol. The van der Waals surface area contributed by atoms with Crippen molar-refractivity contribution in [3.63, 3.8) is 0 Å². The number of benzene rings is 1. The summed E-state index contributed by atoms with van der Waals surface area (Å²) in [6, 6.07) is 8.02. The number of nitrogens with zero attached hydrogens (tertiary/aromatic N) is 1. The lowest BCUT2D eigenvalue weighted by molar-refractivity contribution is -0.116.